The van der Waals surface area contributed by atoms with E-state index >= 15 is 0 Å². The van der Waals surface area contributed by atoms with Crippen molar-refractivity contribution in [1.82, 2.24) is 4.98 Å². The molecule has 0 spiro atoms. The van der Waals surface area contributed by atoms with Gasteiger partial charge in [-0.2, -0.15) is 0 Å². The lowest BCUT2D eigenvalue weighted by Gasteiger charge is -2.03. The topological polar surface area (TPSA) is 70.2 Å². The molecule has 0 saturated heterocycles. The number of fused-ring (bicyclic) bond motifs is 1. The lowest BCUT2D eigenvalue weighted by molar-refractivity contribution is 0.0695. The summed E-state index contributed by atoms with van der Waals surface area (Å²) in [5.41, 5.74) is -0.447. The number of carbonyl (C=O) groups is 1. The summed E-state index contributed by atoms with van der Waals surface area (Å²) in [6.45, 7) is 0. The molecule has 0 radical (unpaired) electrons. The average Bonchev–Trinajstić information content (AvgIpc) is 2.23. The highest BCUT2D eigenvalue weighted by Gasteiger charge is 2.14. The Labute approximate surface area is 103 Å². The van der Waals surface area contributed by atoms with Crippen LogP contribution < -0.4 is 5.43 Å². The first-order valence-electron chi connectivity index (χ1n) is 4.25. The van der Waals surface area contributed by atoms with E-state index in [-0.39, 0.29) is 10.9 Å². The fourth-order valence-electron chi connectivity index (χ4n) is 1.42. The molecule has 0 unspecified atom stereocenters. The van der Waals surface area contributed by atoms with Crippen LogP contribution in [0.15, 0.2) is 27.6 Å². The number of pyridine rings is 1. The summed E-state index contributed by atoms with van der Waals surface area (Å²) in [5, 5.41) is 9.43. The van der Waals surface area contributed by atoms with E-state index in [0.717, 1.165) is 6.20 Å². The SMILES string of the molecule is O=C(O)c1c[nH]c2c(Cl)ccc(Br)c2c1=O. The van der Waals surface area contributed by atoms with Crippen LogP contribution in [0.5, 0.6) is 0 Å². The van der Waals surface area contributed by atoms with Gasteiger partial charge < -0.3 is 10.1 Å². The number of aromatic amines is 1. The van der Waals surface area contributed by atoms with Crippen LogP contribution in [0.2, 0.25) is 5.02 Å². The molecule has 0 saturated carbocycles. The van der Waals surface area contributed by atoms with Crippen molar-refractivity contribution >= 4 is 44.4 Å². The van der Waals surface area contributed by atoms with Gasteiger partial charge in [0.05, 0.1) is 15.9 Å². The molecule has 0 fully saturated rings. The molecular formula is C10H5BrClNO3. The van der Waals surface area contributed by atoms with Crippen molar-refractivity contribution in [1.29, 1.82) is 0 Å². The number of aromatic carboxylic acids is 1. The molecule has 4 nitrogen and oxygen atoms in total. The second-order valence-electron chi connectivity index (χ2n) is 3.12. The van der Waals surface area contributed by atoms with Crippen molar-refractivity contribution < 1.29 is 9.90 Å². The number of benzene rings is 1. The zero-order valence-electron chi connectivity index (χ0n) is 7.75. The van der Waals surface area contributed by atoms with Crippen LogP contribution in [0.3, 0.4) is 0 Å². The highest BCUT2D eigenvalue weighted by atomic mass is 79.9. The predicted molar refractivity (Wildman–Crippen MR) is 64.2 cm³/mol. The van der Waals surface area contributed by atoms with E-state index < -0.39 is 11.4 Å². The fraction of sp³-hybridized carbons (Fsp3) is 0. The van der Waals surface area contributed by atoms with Crippen LogP contribution in [0.1, 0.15) is 10.4 Å². The lowest BCUT2D eigenvalue weighted by Crippen LogP contribution is -2.15. The molecule has 1 aromatic carbocycles. The molecule has 0 bridgehead atoms. The summed E-state index contributed by atoms with van der Waals surface area (Å²) in [6.07, 6.45) is 1.14. The smallest absolute Gasteiger partial charge is 0.341 e. The Morgan fingerprint density at radius 2 is 2.12 bits per heavy atom. The van der Waals surface area contributed by atoms with Gasteiger partial charge in [0.2, 0.25) is 5.43 Å². The summed E-state index contributed by atoms with van der Waals surface area (Å²) in [6, 6.07) is 3.22. The number of hydrogen-bond donors (Lipinski definition) is 2. The van der Waals surface area contributed by atoms with E-state index in [1.807, 2.05) is 0 Å². The van der Waals surface area contributed by atoms with Crippen molar-refractivity contribution in [3.8, 4) is 0 Å². The maximum absolute atomic E-state index is 11.9. The molecule has 0 aliphatic heterocycles. The molecule has 0 aliphatic rings. The van der Waals surface area contributed by atoms with Gasteiger partial charge in [-0.1, -0.05) is 11.6 Å². The second kappa shape index (κ2) is 3.92. The summed E-state index contributed by atoms with van der Waals surface area (Å²) in [4.78, 5) is 25.4. The quantitative estimate of drug-likeness (QED) is 0.851. The number of hydrogen-bond acceptors (Lipinski definition) is 2. The minimum absolute atomic E-state index is 0.243. The molecule has 2 N–H and O–H groups in total. The first kappa shape index (κ1) is 11.2. The van der Waals surface area contributed by atoms with Gasteiger partial charge in [-0.3, -0.25) is 4.79 Å². The largest absolute Gasteiger partial charge is 0.477 e. The molecular weight excluding hydrogens is 297 g/mol. The predicted octanol–water partition coefficient (Wildman–Crippen LogP) is 2.64. The minimum Gasteiger partial charge on any atom is -0.477 e. The van der Waals surface area contributed by atoms with Gasteiger partial charge in [-0.25, -0.2) is 4.79 Å². The molecule has 0 amide bonds. The number of aromatic nitrogens is 1. The van der Waals surface area contributed by atoms with E-state index in [9.17, 15) is 9.59 Å². The number of halogens is 2. The van der Waals surface area contributed by atoms with Gasteiger partial charge in [0.15, 0.2) is 0 Å². The fourth-order valence-corrected chi connectivity index (χ4v) is 2.14. The van der Waals surface area contributed by atoms with Crippen LogP contribution >= 0.6 is 27.5 Å². The molecule has 0 atom stereocenters. The number of rotatable bonds is 1. The van der Waals surface area contributed by atoms with Gasteiger partial charge in [-0.05, 0) is 28.1 Å². The molecule has 2 rings (SSSR count). The van der Waals surface area contributed by atoms with Crippen molar-refractivity contribution in [2.24, 2.45) is 0 Å². The van der Waals surface area contributed by atoms with E-state index in [4.69, 9.17) is 16.7 Å². The Kier molecular flexibility index (Phi) is 2.73. The van der Waals surface area contributed by atoms with E-state index in [2.05, 4.69) is 20.9 Å². The van der Waals surface area contributed by atoms with E-state index in [1.54, 1.807) is 12.1 Å². The third-order valence-electron chi connectivity index (χ3n) is 2.17. The maximum Gasteiger partial charge on any atom is 0.341 e. The van der Waals surface area contributed by atoms with Crippen LogP contribution in [0.25, 0.3) is 10.9 Å². The van der Waals surface area contributed by atoms with Gasteiger partial charge in [0.1, 0.15) is 5.56 Å². The number of carboxylic acid groups (broad SMARTS) is 1. The van der Waals surface area contributed by atoms with Crippen molar-refractivity contribution in [2.45, 2.75) is 0 Å². The molecule has 82 valence electrons. The maximum atomic E-state index is 11.9. The molecule has 16 heavy (non-hydrogen) atoms. The number of H-pyrrole nitrogens is 1. The van der Waals surface area contributed by atoms with Gasteiger partial charge in [0, 0.05) is 10.7 Å². The van der Waals surface area contributed by atoms with Crippen molar-refractivity contribution in [3.63, 3.8) is 0 Å². The molecule has 1 aromatic heterocycles. The molecule has 6 heteroatoms. The highest BCUT2D eigenvalue weighted by Crippen LogP contribution is 2.26. The van der Waals surface area contributed by atoms with Crippen LogP contribution in [-0.2, 0) is 0 Å². The zero-order chi connectivity index (χ0) is 11.9. The average molecular weight is 303 g/mol. The third-order valence-corrected chi connectivity index (χ3v) is 3.14. The monoisotopic (exact) mass is 301 g/mol. The Morgan fingerprint density at radius 1 is 1.44 bits per heavy atom. The zero-order valence-corrected chi connectivity index (χ0v) is 10.1. The molecule has 0 aliphatic carbocycles. The first-order valence-corrected chi connectivity index (χ1v) is 5.42. The Morgan fingerprint density at radius 3 is 2.75 bits per heavy atom. The molecule has 1 heterocycles. The van der Waals surface area contributed by atoms with Crippen LogP contribution in [-0.4, -0.2) is 16.1 Å². The van der Waals surface area contributed by atoms with Crippen molar-refractivity contribution in [3.05, 3.63) is 43.6 Å². The summed E-state index contributed by atoms with van der Waals surface area (Å²) >= 11 is 9.09. The third kappa shape index (κ3) is 1.62. The summed E-state index contributed by atoms with van der Waals surface area (Å²) < 4.78 is 0.510. The number of nitrogens with one attached hydrogen (secondary N) is 1. The second-order valence-corrected chi connectivity index (χ2v) is 4.38. The normalized spacial score (nSPS) is 10.6. The summed E-state index contributed by atoms with van der Waals surface area (Å²) in [7, 11) is 0. The van der Waals surface area contributed by atoms with E-state index in [0.29, 0.717) is 15.0 Å². The highest BCUT2D eigenvalue weighted by molar-refractivity contribution is 9.10. The standard InChI is InChI=1S/C10H5BrClNO3/c11-5-1-2-6(12)8-7(5)9(14)4(3-13-8)10(15)16/h1-3H,(H,13,14)(H,15,16). The first-order chi connectivity index (χ1) is 7.52. The van der Waals surface area contributed by atoms with Crippen LogP contribution in [0, 0.1) is 0 Å². The van der Waals surface area contributed by atoms with Gasteiger partial charge in [0.25, 0.3) is 0 Å². The minimum atomic E-state index is -1.27. The Balaban J connectivity index is 3.00. The number of carboxylic acids is 1. The van der Waals surface area contributed by atoms with Gasteiger partial charge in [-0.15, -0.1) is 0 Å². The van der Waals surface area contributed by atoms with Crippen LogP contribution in [0.4, 0.5) is 0 Å². The summed E-state index contributed by atoms with van der Waals surface area (Å²) in [5.74, 6) is -1.27. The van der Waals surface area contributed by atoms with Crippen molar-refractivity contribution in [2.75, 3.05) is 0 Å². The molecule has 2 aromatic rings. The Hall–Kier alpha value is -1.33. The van der Waals surface area contributed by atoms with Gasteiger partial charge >= 0.3 is 5.97 Å². The lowest BCUT2D eigenvalue weighted by atomic mass is 10.1. The Bertz CT molecular complexity index is 650. The van der Waals surface area contributed by atoms with E-state index in [1.165, 1.54) is 0 Å².